The summed E-state index contributed by atoms with van der Waals surface area (Å²) in [5.41, 5.74) is -10.2. The van der Waals surface area contributed by atoms with E-state index in [-0.39, 0.29) is 70.8 Å². The Hall–Kier alpha value is -6.92. The van der Waals surface area contributed by atoms with Gasteiger partial charge < -0.3 is 10.0 Å². The Balaban J connectivity index is 0.000000257. The number of aromatic nitrogens is 4. The third-order valence-electron chi connectivity index (χ3n) is 10.1. The van der Waals surface area contributed by atoms with Gasteiger partial charge in [-0.1, -0.05) is 14.9 Å². The quantitative estimate of drug-likeness (QED) is 0.0442. The number of hydrogen-bond acceptors (Lipinski definition) is 9. The summed E-state index contributed by atoms with van der Waals surface area (Å²) in [6, 6.07) is 13.6. The second kappa shape index (κ2) is 20.8. The largest absolute Gasteiger partial charge is 0.591 e. The molecule has 2 aromatic heterocycles. The molecule has 1 N–H and O–H groups in total. The molecule has 402 valence electrons. The van der Waals surface area contributed by atoms with Gasteiger partial charge in [-0.2, -0.15) is 62.1 Å². The molecule has 0 atom stereocenters. The third kappa shape index (κ3) is 12.9. The fourth-order valence-corrected chi connectivity index (χ4v) is 11.6. The first-order valence-corrected chi connectivity index (χ1v) is 23.8. The van der Waals surface area contributed by atoms with Crippen molar-refractivity contribution in [1.82, 2.24) is 19.4 Å². The van der Waals surface area contributed by atoms with Crippen LogP contribution >= 0.6 is 20.2 Å². The van der Waals surface area contributed by atoms with E-state index in [1.807, 2.05) is 0 Å². The maximum absolute atomic E-state index is 13.2. The van der Waals surface area contributed by atoms with Crippen LogP contribution in [0.4, 0.5) is 77.2 Å². The van der Waals surface area contributed by atoms with E-state index in [0.717, 1.165) is 18.2 Å². The molecule has 8 rings (SSSR count). The van der Waals surface area contributed by atoms with Gasteiger partial charge in [-0.25, -0.2) is 9.97 Å². The minimum Gasteiger partial charge on any atom is -0.426 e. The van der Waals surface area contributed by atoms with Gasteiger partial charge in [-0.15, -0.1) is 13.2 Å². The van der Waals surface area contributed by atoms with E-state index in [9.17, 15) is 91.3 Å². The van der Waals surface area contributed by atoms with Crippen molar-refractivity contribution in [3.05, 3.63) is 148 Å². The van der Waals surface area contributed by atoms with E-state index < -0.39 is 129 Å². The van der Waals surface area contributed by atoms with E-state index in [2.05, 4.69) is 57.8 Å². The van der Waals surface area contributed by atoms with Crippen molar-refractivity contribution in [3.8, 4) is 22.8 Å². The minimum absolute atomic E-state index is 0. The second-order valence-electron chi connectivity index (χ2n) is 15.9. The summed E-state index contributed by atoms with van der Waals surface area (Å²) in [5.74, 6) is -1.84. The van der Waals surface area contributed by atoms with Crippen molar-refractivity contribution in [2.24, 2.45) is 0 Å². The van der Waals surface area contributed by atoms with Crippen LogP contribution in [-0.4, -0.2) is 45.8 Å². The molecule has 0 amide bonds. The SMILES string of the molecule is C.C.CI1OC(C)(C)c2ccccc21.Cc1cc([N+](=O)[O-])c2nc(-c3cc(C(F)(F)F)cc(C(F)(F)F)c3)n(O)c2c1.Cc1cc([N+](=O)[O-])c2nc(-c3cc(C(F)(F)F)cc(C(F)(F)F)c3)n(OC(F)(F)F)c2c1. The Kier molecular flexibility index (Phi) is 16.7. The van der Waals surface area contributed by atoms with Crippen molar-refractivity contribution in [1.29, 1.82) is 0 Å². The van der Waals surface area contributed by atoms with Crippen molar-refractivity contribution in [2.75, 3.05) is 4.93 Å². The van der Waals surface area contributed by atoms with Crippen molar-refractivity contribution >= 4 is 53.7 Å². The van der Waals surface area contributed by atoms with Crippen molar-refractivity contribution in [3.63, 3.8) is 0 Å². The van der Waals surface area contributed by atoms with E-state index in [4.69, 9.17) is 3.07 Å². The predicted molar refractivity (Wildman–Crippen MR) is 246 cm³/mol. The number of alkyl halides is 16. The first-order valence-electron chi connectivity index (χ1n) is 19.7. The van der Waals surface area contributed by atoms with E-state index in [1.54, 1.807) is 0 Å². The van der Waals surface area contributed by atoms with Gasteiger partial charge >= 0.3 is 112 Å². The van der Waals surface area contributed by atoms with Crippen LogP contribution in [0.25, 0.3) is 44.8 Å². The summed E-state index contributed by atoms with van der Waals surface area (Å²) in [6.07, 6.45) is -26.2. The van der Waals surface area contributed by atoms with Gasteiger partial charge in [0.25, 0.3) is 11.4 Å². The van der Waals surface area contributed by atoms with E-state index >= 15 is 0 Å². The van der Waals surface area contributed by atoms with Crippen LogP contribution in [0.1, 0.15) is 67.6 Å². The molecule has 0 spiro atoms. The molecule has 0 saturated heterocycles. The van der Waals surface area contributed by atoms with E-state index in [0.29, 0.717) is 17.7 Å². The standard InChI is InChI=1S/C17H8F9N3O3.C16H9F6N3O3.C10H13IO.2CH4/c1-7-2-11-13(12(3-7)29(30)31)27-14(28(11)32-17(24,25)26)8-4-9(15(18,19)20)6-10(5-8)16(21,22)23;1-7-2-11-13(12(3-7)25(27)28)23-14(24(11)26)8-4-9(15(17,18)19)6-10(5-8)16(20,21)22;1-10(2)8-6-4-5-7-9(8)11(3)12-10;;/h2-6H,1H3;2-6,26H,1H3;4-7H,1-3H3;2*1H4. The number of non-ortho nitro benzene ring substituents is 2. The molecule has 0 fully saturated rings. The average molecular weight is 1190 g/mol. The first kappa shape index (κ1) is 59.6. The van der Waals surface area contributed by atoms with Gasteiger partial charge in [0, 0.05) is 23.3 Å². The zero-order valence-electron chi connectivity index (χ0n) is 36.7. The van der Waals surface area contributed by atoms with Gasteiger partial charge in [-0.3, -0.25) is 20.2 Å². The molecule has 0 aliphatic carbocycles. The van der Waals surface area contributed by atoms with Crippen LogP contribution in [0.2, 0.25) is 0 Å². The number of benzene rings is 5. The number of aryl methyl sites for hydroxylation is 2. The summed E-state index contributed by atoms with van der Waals surface area (Å²) in [5, 5.41) is 32.7. The number of halogens is 16. The van der Waals surface area contributed by atoms with Gasteiger partial charge in [-0.05, 0) is 73.5 Å². The summed E-state index contributed by atoms with van der Waals surface area (Å²) in [4.78, 5) is 33.9. The number of hydrogen-bond donors (Lipinski definition) is 1. The number of nitro groups is 2. The van der Waals surface area contributed by atoms with Crippen molar-refractivity contribution < 1.29 is 88.8 Å². The monoisotopic (exact) mass is 1190 g/mol. The Morgan fingerprint density at radius 1 is 0.608 bits per heavy atom. The van der Waals surface area contributed by atoms with Gasteiger partial charge in [0.2, 0.25) is 0 Å². The number of fused-ring (bicyclic) bond motifs is 3. The molecule has 3 heterocycles. The maximum Gasteiger partial charge on any atom is 0.591 e. The van der Waals surface area contributed by atoms with Crippen LogP contribution in [0.15, 0.2) is 84.9 Å². The predicted octanol–water partition coefficient (Wildman–Crippen LogP) is 15.5. The zero-order valence-corrected chi connectivity index (χ0v) is 38.9. The molecule has 74 heavy (non-hydrogen) atoms. The van der Waals surface area contributed by atoms with Gasteiger partial charge in [0.1, 0.15) is 11.0 Å². The number of imidazole rings is 2. The third-order valence-corrected chi connectivity index (χ3v) is 14.4. The van der Waals surface area contributed by atoms with Crippen LogP contribution < -0.4 is 4.84 Å². The number of nitro benzene ring substituents is 2. The summed E-state index contributed by atoms with van der Waals surface area (Å²) < 4.78 is 204. The first-order chi connectivity index (χ1) is 32.9. The molecule has 1 aliphatic heterocycles. The Morgan fingerprint density at radius 2 is 0.986 bits per heavy atom. The summed E-state index contributed by atoms with van der Waals surface area (Å²) >= 11 is -1.24. The molecule has 0 radical (unpaired) electrons. The Labute approximate surface area is 415 Å². The maximum atomic E-state index is 13.2. The normalized spacial score (nSPS) is 14.0. The number of nitrogens with zero attached hydrogens (tertiary/aromatic N) is 6. The molecular formula is C45H38F15IN6O7. The fourth-order valence-electron chi connectivity index (χ4n) is 7.12. The van der Waals surface area contributed by atoms with Crippen LogP contribution in [-0.2, 0) is 33.4 Å². The second-order valence-corrected chi connectivity index (χ2v) is 19.9. The van der Waals surface area contributed by atoms with Crippen LogP contribution in [0, 0.1) is 37.6 Å². The summed E-state index contributed by atoms with van der Waals surface area (Å²) in [7, 11) is 0. The molecule has 29 heteroatoms. The van der Waals surface area contributed by atoms with E-state index in [1.165, 1.54) is 29.0 Å². The molecule has 0 bridgehead atoms. The van der Waals surface area contributed by atoms with Crippen LogP contribution in [0.3, 0.4) is 0 Å². The average Bonchev–Trinajstić information content (AvgIpc) is 3.85. The molecule has 7 aromatic rings. The van der Waals surface area contributed by atoms with Gasteiger partial charge in [0.15, 0.2) is 22.7 Å². The topological polar surface area (TPSA) is 161 Å². The molecule has 5 aromatic carbocycles. The fraction of sp³-hybridized carbons (Fsp3) is 0.289. The minimum atomic E-state index is -5.46. The molecule has 0 unspecified atom stereocenters. The molecular weight excluding hydrogens is 1150 g/mol. The molecule has 0 saturated carbocycles. The summed E-state index contributed by atoms with van der Waals surface area (Å²) in [6.45, 7) is 7.05. The smallest absolute Gasteiger partial charge is 0.426 e. The Bertz CT molecular complexity index is 3190. The van der Waals surface area contributed by atoms with Crippen molar-refractivity contribution in [2.45, 2.75) is 79.2 Å². The van der Waals surface area contributed by atoms with Gasteiger partial charge in [0.05, 0.1) is 32.1 Å². The molecule has 13 nitrogen and oxygen atoms in total. The number of rotatable bonds is 5. The Morgan fingerprint density at radius 3 is 1.38 bits per heavy atom. The zero-order chi connectivity index (χ0) is 54.0. The molecule has 1 aliphatic rings. The van der Waals surface area contributed by atoms with Crippen LogP contribution in [0.5, 0.6) is 0 Å².